The predicted octanol–water partition coefficient (Wildman–Crippen LogP) is 3.30. The molecule has 5 nitrogen and oxygen atoms in total. The Hall–Kier alpha value is -2.79. The van der Waals surface area contributed by atoms with Crippen molar-refractivity contribution in [2.75, 3.05) is 20.8 Å². The summed E-state index contributed by atoms with van der Waals surface area (Å²) in [7, 11) is 3.27. The Morgan fingerprint density at radius 1 is 0.962 bits per heavy atom. The second kappa shape index (κ2) is 9.63. The quantitative estimate of drug-likeness (QED) is 0.737. The van der Waals surface area contributed by atoms with Crippen LogP contribution in [0, 0.1) is 0 Å². The van der Waals surface area contributed by atoms with Crippen LogP contribution >= 0.6 is 0 Å². The van der Waals surface area contributed by atoms with Crippen molar-refractivity contribution in [3.63, 3.8) is 0 Å². The number of nitrogens with two attached hydrogens (primary N) is 1. The number of fused-ring (bicyclic) bond motifs is 1. The van der Waals surface area contributed by atoms with E-state index in [1.807, 2.05) is 42.5 Å². The molecule has 1 heterocycles. The van der Waals surface area contributed by atoms with E-state index in [1.165, 1.54) is 11.1 Å². The second-order valence-electron chi connectivity index (χ2n) is 5.78. The van der Waals surface area contributed by atoms with Gasteiger partial charge in [-0.3, -0.25) is 4.79 Å². The first-order valence-corrected chi connectivity index (χ1v) is 8.64. The van der Waals surface area contributed by atoms with Gasteiger partial charge in [0.25, 0.3) is 0 Å². The van der Waals surface area contributed by atoms with Gasteiger partial charge < -0.3 is 20.2 Å². The summed E-state index contributed by atoms with van der Waals surface area (Å²) in [5, 5.41) is 1.05. The number of hydrogen-bond acceptors (Lipinski definition) is 4. The third-order valence-electron chi connectivity index (χ3n) is 4.14. The Labute approximate surface area is 153 Å². The SMILES string of the molecule is CCc1ccc(OC)c2[nH]c(=O)ccc12.COc1ccc(CCN)cc1. The van der Waals surface area contributed by atoms with Crippen molar-refractivity contribution in [3.8, 4) is 11.5 Å². The minimum atomic E-state index is -0.103. The minimum Gasteiger partial charge on any atom is -0.497 e. The van der Waals surface area contributed by atoms with Crippen LogP contribution in [0.15, 0.2) is 53.3 Å². The number of aromatic amines is 1. The molecule has 0 unspecified atom stereocenters. The Morgan fingerprint density at radius 2 is 1.69 bits per heavy atom. The molecule has 26 heavy (non-hydrogen) atoms. The van der Waals surface area contributed by atoms with Gasteiger partial charge in [-0.25, -0.2) is 0 Å². The smallest absolute Gasteiger partial charge is 0.248 e. The third-order valence-corrected chi connectivity index (χ3v) is 4.14. The highest BCUT2D eigenvalue weighted by Gasteiger charge is 2.05. The lowest BCUT2D eigenvalue weighted by molar-refractivity contribution is 0.414. The van der Waals surface area contributed by atoms with Crippen molar-refractivity contribution in [2.24, 2.45) is 5.73 Å². The van der Waals surface area contributed by atoms with Crippen LogP contribution in [-0.4, -0.2) is 25.7 Å². The maximum Gasteiger partial charge on any atom is 0.248 e. The van der Waals surface area contributed by atoms with Crippen molar-refractivity contribution in [1.82, 2.24) is 4.98 Å². The zero-order valence-corrected chi connectivity index (χ0v) is 15.5. The Bertz CT molecular complexity index is 886. The number of rotatable bonds is 5. The topological polar surface area (TPSA) is 77.3 Å². The van der Waals surface area contributed by atoms with Crippen molar-refractivity contribution in [1.29, 1.82) is 0 Å². The molecule has 3 rings (SSSR count). The van der Waals surface area contributed by atoms with E-state index in [4.69, 9.17) is 15.2 Å². The van der Waals surface area contributed by atoms with Crippen LogP contribution in [0.4, 0.5) is 0 Å². The van der Waals surface area contributed by atoms with Crippen molar-refractivity contribution in [2.45, 2.75) is 19.8 Å². The molecule has 0 atom stereocenters. The summed E-state index contributed by atoms with van der Waals surface area (Å²) in [5.41, 5.74) is 8.55. The van der Waals surface area contributed by atoms with E-state index in [9.17, 15) is 4.79 Å². The number of hydrogen-bond donors (Lipinski definition) is 2. The summed E-state index contributed by atoms with van der Waals surface area (Å²) in [6.45, 7) is 2.79. The fraction of sp³-hybridized carbons (Fsp3) is 0.286. The lowest BCUT2D eigenvalue weighted by Crippen LogP contribution is -2.04. The van der Waals surface area contributed by atoms with Crippen LogP contribution in [0.3, 0.4) is 0 Å². The molecule has 3 aromatic rings. The largest absolute Gasteiger partial charge is 0.497 e. The number of H-pyrrole nitrogens is 1. The summed E-state index contributed by atoms with van der Waals surface area (Å²) in [6.07, 6.45) is 1.87. The molecule has 0 aliphatic rings. The highest BCUT2D eigenvalue weighted by Crippen LogP contribution is 2.25. The number of ether oxygens (including phenoxy) is 2. The first kappa shape index (κ1) is 19.5. The second-order valence-corrected chi connectivity index (χ2v) is 5.78. The summed E-state index contributed by atoms with van der Waals surface area (Å²) in [6, 6.07) is 15.3. The van der Waals surface area contributed by atoms with Crippen LogP contribution < -0.4 is 20.8 Å². The first-order chi connectivity index (χ1) is 12.6. The molecule has 0 aliphatic heterocycles. The van der Waals surface area contributed by atoms with Gasteiger partial charge in [-0.1, -0.05) is 25.1 Å². The molecule has 0 aliphatic carbocycles. The Balaban J connectivity index is 0.000000197. The van der Waals surface area contributed by atoms with E-state index < -0.39 is 0 Å². The lowest BCUT2D eigenvalue weighted by Gasteiger charge is -2.08. The van der Waals surface area contributed by atoms with Gasteiger partial charge in [0.15, 0.2) is 0 Å². The van der Waals surface area contributed by atoms with E-state index in [1.54, 1.807) is 20.3 Å². The molecule has 5 heteroatoms. The molecule has 1 aromatic heterocycles. The maximum absolute atomic E-state index is 11.2. The number of nitrogens with one attached hydrogen (secondary N) is 1. The minimum absolute atomic E-state index is 0.103. The van der Waals surface area contributed by atoms with Crippen LogP contribution in [0.1, 0.15) is 18.1 Å². The zero-order chi connectivity index (χ0) is 18.9. The van der Waals surface area contributed by atoms with E-state index in [-0.39, 0.29) is 5.56 Å². The number of aromatic nitrogens is 1. The van der Waals surface area contributed by atoms with Crippen LogP contribution in [0.25, 0.3) is 10.9 Å². The predicted molar refractivity (Wildman–Crippen MR) is 106 cm³/mol. The van der Waals surface area contributed by atoms with Crippen molar-refractivity contribution >= 4 is 10.9 Å². The number of pyridine rings is 1. The average molecular weight is 354 g/mol. The van der Waals surface area contributed by atoms with Crippen molar-refractivity contribution in [3.05, 3.63) is 70.0 Å². The van der Waals surface area contributed by atoms with E-state index in [2.05, 4.69) is 11.9 Å². The van der Waals surface area contributed by atoms with Gasteiger partial charge in [0.05, 0.1) is 19.7 Å². The molecule has 0 fully saturated rings. The third kappa shape index (κ3) is 4.86. The fourth-order valence-corrected chi connectivity index (χ4v) is 2.72. The normalized spacial score (nSPS) is 10.2. The molecule has 0 radical (unpaired) electrons. The molecule has 3 N–H and O–H groups in total. The standard InChI is InChI=1S/C12H13NO2.C9H13NO/c1-3-8-4-6-10(15-2)12-9(8)5-7-11(14)13-12;1-11-9-4-2-8(3-5-9)6-7-10/h4-7H,3H2,1-2H3,(H,13,14);2-5H,6-7,10H2,1H3. The number of methoxy groups -OCH3 is 2. The summed E-state index contributed by atoms with van der Waals surface area (Å²) in [4.78, 5) is 14.0. The molecule has 0 spiro atoms. The summed E-state index contributed by atoms with van der Waals surface area (Å²) < 4.78 is 10.2. The lowest BCUT2D eigenvalue weighted by atomic mass is 10.1. The van der Waals surface area contributed by atoms with Crippen molar-refractivity contribution < 1.29 is 9.47 Å². The van der Waals surface area contributed by atoms with Gasteiger partial charge in [-0.2, -0.15) is 0 Å². The molecule has 2 aromatic carbocycles. The molecule has 0 saturated heterocycles. The van der Waals surface area contributed by atoms with Gasteiger partial charge >= 0.3 is 0 Å². The van der Waals surface area contributed by atoms with Crippen LogP contribution in [0.2, 0.25) is 0 Å². The Kier molecular flexibility index (Phi) is 7.24. The van der Waals surface area contributed by atoms with Crippen LogP contribution in [-0.2, 0) is 12.8 Å². The zero-order valence-electron chi connectivity index (χ0n) is 15.5. The number of aryl methyl sites for hydroxylation is 1. The monoisotopic (exact) mass is 354 g/mol. The molecule has 0 amide bonds. The Morgan fingerprint density at radius 3 is 2.27 bits per heavy atom. The molecule has 0 saturated carbocycles. The van der Waals surface area contributed by atoms with Gasteiger partial charge in [0.2, 0.25) is 5.56 Å². The highest BCUT2D eigenvalue weighted by atomic mass is 16.5. The van der Waals surface area contributed by atoms with E-state index in [0.717, 1.165) is 29.5 Å². The van der Waals surface area contributed by atoms with Gasteiger partial charge in [-0.15, -0.1) is 0 Å². The van der Waals surface area contributed by atoms with E-state index in [0.29, 0.717) is 12.3 Å². The summed E-state index contributed by atoms with van der Waals surface area (Å²) in [5.74, 6) is 1.60. The van der Waals surface area contributed by atoms with Gasteiger partial charge in [-0.05, 0) is 54.8 Å². The summed E-state index contributed by atoms with van der Waals surface area (Å²) >= 11 is 0. The maximum atomic E-state index is 11.2. The fourth-order valence-electron chi connectivity index (χ4n) is 2.72. The van der Waals surface area contributed by atoms with Gasteiger partial charge in [0.1, 0.15) is 11.5 Å². The molecule has 138 valence electrons. The number of benzene rings is 2. The highest BCUT2D eigenvalue weighted by molar-refractivity contribution is 5.87. The average Bonchev–Trinajstić information content (AvgIpc) is 2.68. The molecular formula is C21H26N2O3. The molecule has 0 bridgehead atoms. The first-order valence-electron chi connectivity index (χ1n) is 8.64. The van der Waals surface area contributed by atoms with Gasteiger partial charge in [0, 0.05) is 11.5 Å². The van der Waals surface area contributed by atoms with Crippen LogP contribution in [0.5, 0.6) is 11.5 Å². The molecular weight excluding hydrogens is 328 g/mol. The van der Waals surface area contributed by atoms with E-state index >= 15 is 0 Å².